The topological polar surface area (TPSA) is 50.4 Å². The summed E-state index contributed by atoms with van der Waals surface area (Å²) >= 11 is 0. The molecule has 3 nitrogen and oxygen atoms in total. The molecule has 2 aliphatic rings. The second-order valence-electron chi connectivity index (χ2n) is 5.43. The Morgan fingerprint density at radius 2 is 2.19 bits per heavy atom. The lowest BCUT2D eigenvalue weighted by Crippen LogP contribution is -2.48. The van der Waals surface area contributed by atoms with Crippen LogP contribution in [0, 0.1) is 5.41 Å². The van der Waals surface area contributed by atoms with Crippen molar-refractivity contribution in [3.63, 3.8) is 0 Å². The van der Waals surface area contributed by atoms with E-state index >= 15 is 0 Å². The number of amidine groups is 1. The van der Waals surface area contributed by atoms with Gasteiger partial charge in [-0.2, -0.15) is 0 Å². The minimum Gasteiger partial charge on any atom is -0.364 e. The van der Waals surface area contributed by atoms with E-state index in [1.807, 2.05) is 0 Å². The Morgan fingerprint density at radius 1 is 1.50 bits per heavy atom. The van der Waals surface area contributed by atoms with Gasteiger partial charge in [-0.05, 0) is 17.6 Å². The molecule has 1 heterocycles. The van der Waals surface area contributed by atoms with Gasteiger partial charge in [0.05, 0.1) is 18.1 Å². The lowest BCUT2D eigenvalue weighted by atomic mass is 9.86. The summed E-state index contributed by atoms with van der Waals surface area (Å²) in [5.74, 6) is 0.563. The van der Waals surface area contributed by atoms with Crippen LogP contribution in [0.1, 0.15) is 20.8 Å². The zero-order chi connectivity index (χ0) is 11.9. The van der Waals surface area contributed by atoms with Crippen LogP contribution in [0.15, 0.2) is 29.0 Å². The molecule has 2 rings (SSSR count). The largest absolute Gasteiger partial charge is 0.364 e. The number of nitrogens with one attached hydrogen (secondary N) is 1. The van der Waals surface area contributed by atoms with Gasteiger partial charge in [-0.1, -0.05) is 26.8 Å². The number of hydrogen-bond donors (Lipinski definition) is 2. The van der Waals surface area contributed by atoms with Crippen LogP contribution in [0.4, 0.5) is 4.39 Å². The van der Waals surface area contributed by atoms with Gasteiger partial charge in [-0.25, -0.2) is 4.39 Å². The van der Waals surface area contributed by atoms with Gasteiger partial charge in [0, 0.05) is 0 Å². The van der Waals surface area contributed by atoms with E-state index in [-0.39, 0.29) is 29.4 Å². The number of halogens is 1. The standard InChI is InChI=1S/C12H18FN3/c1-12(2,3)10(14)11-15-8-5-4-7(13)6-9(8)16-11/h4-6,8-10H,14H2,1-3H3,(H,15,16)/t8?,9?,10-/m1/s1. The first-order valence-electron chi connectivity index (χ1n) is 5.53. The van der Waals surface area contributed by atoms with Gasteiger partial charge >= 0.3 is 0 Å². The lowest BCUT2D eigenvalue weighted by molar-refractivity contribution is 0.378. The van der Waals surface area contributed by atoms with Crippen LogP contribution in [-0.2, 0) is 0 Å². The van der Waals surface area contributed by atoms with E-state index < -0.39 is 0 Å². The van der Waals surface area contributed by atoms with Crippen molar-refractivity contribution in [3.8, 4) is 0 Å². The summed E-state index contributed by atoms with van der Waals surface area (Å²) in [5.41, 5.74) is 6.06. The molecule has 4 heteroatoms. The first-order chi connectivity index (χ1) is 7.38. The molecule has 0 bridgehead atoms. The van der Waals surface area contributed by atoms with Gasteiger partial charge in [0.1, 0.15) is 11.7 Å². The number of nitrogens with two attached hydrogens (primary N) is 1. The van der Waals surface area contributed by atoms with Gasteiger partial charge in [0.15, 0.2) is 0 Å². The fourth-order valence-corrected chi connectivity index (χ4v) is 1.84. The third-order valence-electron chi connectivity index (χ3n) is 2.99. The van der Waals surface area contributed by atoms with Gasteiger partial charge in [0.25, 0.3) is 0 Å². The molecule has 0 fully saturated rings. The van der Waals surface area contributed by atoms with Crippen molar-refractivity contribution in [2.45, 2.75) is 38.9 Å². The van der Waals surface area contributed by atoms with Crippen molar-refractivity contribution in [2.24, 2.45) is 16.1 Å². The summed E-state index contributed by atoms with van der Waals surface area (Å²) < 4.78 is 13.0. The van der Waals surface area contributed by atoms with Crippen molar-refractivity contribution >= 4 is 5.84 Å². The van der Waals surface area contributed by atoms with Crippen LogP contribution in [-0.4, -0.2) is 24.0 Å². The highest BCUT2D eigenvalue weighted by molar-refractivity contribution is 5.90. The number of rotatable bonds is 1. The van der Waals surface area contributed by atoms with Gasteiger partial charge in [-0.3, -0.25) is 4.99 Å². The molecule has 16 heavy (non-hydrogen) atoms. The van der Waals surface area contributed by atoms with Crippen molar-refractivity contribution in [1.29, 1.82) is 0 Å². The second kappa shape index (κ2) is 3.70. The molecule has 0 aromatic carbocycles. The van der Waals surface area contributed by atoms with Crippen LogP contribution >= 0.6 is 0 Å². The molecule has 1 aliphatic heterocycles. The van der Waals surface area contributed by atoms with Crippen molar-refractivity contribution in [3.05, 3.63) is 24.1 Å². The van der Waals surface area contributed by atoms with Gasteiger partial charge in [0.2, 0.25) is 0 Å². The first-order valence-corrected chi connectivity index (χ1v) is 5.53. The highest BCUT2D eigenvalue weighted by atomic mass is 19.1. The van der Waals surface area contributed by atoms with E-state index in [1.54, 1.807) is 12.2 Å². The molecule has 3 atom stereocenters. The third kappa shape index (κ3) is 2.02. The summed E-state index contributed by atoms with van der Waals surface area (Å²) in [6.45, 7) is 6.20. The smallest absolute Gasteiger partial charge is 0.121 e. The van der Waals surface area contributed by atoms with Crippen LogP contribution in [0.5, 0.6) is 0 Å². The van der Waals surface area contributed by atoms with E-state index in [0.717, 1.165) is 5.84 Å². The highest BCUT2D eigenvalue weighted by Gasteiger charge is 2.34. The quantitative estimate of drug-likeness (QED) is 0.708. The van der Waals surface area contributed by atoms with E-state index in [0.29, 0.717) is 0 Å². The molecule has 1 aliphatic carbocycles. The predicted octanol–water partition coefficient (Wildman–Crippen LogP) is 1.52. The number of aliphatic imine (C=N–C) groups is 1. The van der Waals surface area contributed by atoms with Crippen LogP contribution < -0.4 is 11.1 Å². The molecular weight excluding hydrogens is 205 g/mol. The summed E-state index contributed by atoms with van der Waals surface area (Å²) in [7, 11) is 0. The molecule has 88 valence electrons. The van der Waals surface area contributed by atoms with Crippen LogP contribution in [0.2, 0.25) is 0 Å². The molecule has 0 spiro atoms. The molecule has 0 saturated heterocycles. The van der Waals surface area contributed by atoms with Crippen molar-refractivity contribution in [1.82, 2.24) is 5.32 Å². The number of allylic oxidation sites excluding steroid dienone is 2. The van der Waals surface area contributed by atoms with Crippen molar-refractivity contribution in [2.75, 3.05) is 0 Å². The number of fused-ring (bicyclic) bond motifs is 1. The van der Waals surface area contributed by atoms with E-state index in [2.05, 4.69) is 31.1 Å². The predicted molar refractivity (Wildman–Crippen MR) is 63.9 cm³/mol. The summed E-state index contributed by atoms with van der Waals surface area (Å²) in [5, 5.41) is 3.19. The van der Waals surface area contributed by atoms with E-state index in [9.17, 15) is 4.39 Å². The minimum atomic E-state index is -0.213. The Hall–Kier alpha value is -1.16. The Kier molecular flexibility index (Phi) is 2.62. The summed E-state index contributed by atoms with van der Waals surface area (Å²) in [6, 6.07) is -0.237. The zero-order valence-electron chi connectivity index (χ0n) is 9.87. The van der Waals surface area contributed by atoms with Crippen LogP contribution in [0.3, 0.4) is 0 Å². The first kappa shape index (κ1) is 11.3. The number of hydrogen-bond acceptors (Lipinski definition) is 3. The fourth-order valence-electron chi connectivity index (χ4n) is 1.84. The SMILES string of the molecule is CC(C)(C)[C@H](N)C1=NC2C=CC(F)=CC2N1. The molecule has 0 saturated carbocycles. The second-order valence-corrected chi connectivity index (χ2v) is 5.43. The summed E-state index contributed by atoms with van der Waals surface area (Å²) in [6.07, 6.45) is 4.78. The zero-order valence-corrected chi connectivity index (χ0v) is 9.87. The Balaban J connectivity index is 2.15. The molecule has 2 unspecified atom stereocenters. The Morgan fingerprint density at radius 3 is 2.81 bits per heavy atom. The third-order valence-corrected chi connectivity index (χ3v) is 2.99. The maximum atomic E-state index is 13.0. The van der Waals surface area contributed by atoms with Crippen molar-refractivity contribution < 1.29 is 4.39 Å². The molecule has 0 aromatic rings. The monoisotopic (exact) mass is 223 g/mol. The maximum Gasteiger partial charge on any atom is 0.121 e. The molecule has 3 N–H and O–H groups in total. The fraction of sp³-hybridized carbons (Fsp3) is 0.583. The molecular formula is C12H18FN3. The van der Waals surface area contributed by atoms with E-state index in [4.69, 9.17) is 5.73 Å². The average molecular weight is 223 g/mol. The normalized spacial score (nSPS) is 30.3. The minimum absolute atomic E-state index is 0.0112. The lowest BCUT2D eigenvalue weighted by Gasteiger charge is -2.27. The van der Waals surface area contributed by atoms with Gasteiger partial charge in [-0.15, -0.1) is 0 Å². The molecule has 0 aromatic heterocycles. The molecule has 0 radical (unpaired) electrons. The van der Waals surface area contributed by atoms with E-state index in [1.165, 1.54) is 6.08 Å². The average Bonchev–Trinajstić information content (AvgIpc) is 2.57. The molecule has 0 amide bonds. The Labute approximate surface area is 95.3 Å². The highest BCUT2D eigenvalue weighted by Crippen LogP contribution is 2.24. The summed E-state index contributed by atoms with van der Waals surface area (Å²) in [4.78, 5) is 4.49. The van der Waals surface area contributed by atoms with Crippen LogP contribution in [0.25, 0.3) is 0 Å². The number of nitrogens with zero attached hydrogens (tertiary/aromatic N) is 1. The maximum absolute atomic E-state index is 13.0. The van der Waals surface area contributed by atoms with Gasteiger partial charge < -0.3 is 11.1 Å². The Bertz CT molecular complexity index is 376.